The molecule has 0 aromatic heterocycles. The maximum absolute atomic E-state index is 5.85. The summed E-state index contributed by atoms with van der Waals surface area (Å²) in [4.78, 5) is 4.29. The summed E-state index contributed by atoms with van der Waals surface area (Å²) in [7, 11) is 6.65. The monoisotopic (exact) mass is 445 g/mol. The Hall–Kier alpha value is -3.13. The van der Waals surface area contributed by atoms with Crippen LogP contribution in [-0.4, -0.2) is 60.7 Å². The molecule has 0 aliphatic carbocycles. The van der Waals surface area contributed by atoms with E-state index >= 15 is 0 Å². The van der Waals surface area contributed by atoms with Gasteiger partial charge in [0.05, 0.1) is 27.4 Å². The molecule has 0 aliphatic heterocycles. The van der Waals surface area contributed by atoms with Crippen LogP contribution in [0.2, 0.25) is 0 Å². The first-order valence-electron chi connectivity index (χ1n) is 10.6. The highest BCUT2D eigenvalue weighted by Crippen LogP contribution is 2.27. The zero-order valence-corrected chi connectivity index (χ0v) is 19.7. The topological polar surface area (TPSA) is 82.6 Å². The van der Waals surface area contributed by atoms with Crippen LogP contribution >= 0.6 is 0 Å². The first-order chi connectivity index (χ1) is 15.6. The minimum atomic E-state index is 0.513. The maximum atomic E-state index is 5.85. The van der Waals surface area contributed by atoms with Gasteiger partial charge in [-0.05, 0) is 25.0 Å². The lowest BCUT2D eigenvalue weighted by atomic mass is 10.1. The van der Waals surface area contributed by atoms with Gasteiger partial charge in [-0.15, -0.1) is 0 Å². The molecule has 0 saturated carbocycles. The van der Waals surface area contributed by atoms with Crippen molar-refractivity contribution < 1.29 is 23.7 Å². The molecule has 0 radical (unpaired) electrons. The average molecular weight is 446 g/mol. The molecular weight excluding hydrogens is 410 g/mol. The Morgan fingerprint density at radius 1 is 0.844 bits per heavy atom. The fourth-order valence-corrected chi connectivity index (χ4v) is 2.91. The first-order valence-corrected chi connectivity index (χ1v) is 10.6. The first kappa shape index (κ1) is 25.1. The number of benzene rings is 2. The zero-order chi connectivity index (χ0) is 23.2. The number of rotatable bonds is 13. The smallest absolute Gasteiger partial charge is 0.191 e. The second-order valence-electron chi connectivity index (χ2n) is 7.06. The summed E-state index contributed by atoms with van der Waals surface area (Å²) in [5.74, 6) is 3.68. The summed E-state index contributed by atoms with van der Waals surface area (Å²) in [6.07, 6.45) is 0.802. The van der Waals surface area contributed by atoms with Gasteiger partial charge in [0.1, 0.15) is 29.6 Å². The quantitative estimate of drug-likeness (QED) is 0.278. The van der Waals surface area contributed by atoms with Gasteiger partial charge >= 0.3 is 0 Å². The Balaban J connectivity index is 1.77. The lowest BCUT2D eigenvalue weighted by molar-refractivity contribution is 0.145. The van der Waals surface area contributed by atoms with Crippen LogP contribution in [0.25, 0.3) is 0 Å². The molecule has 2 aromatic carbocycles. The molecule has 32 heavy (non-hydrogen) atoms. The van der Waals surface area contributed by atoms with Crippen molar-refractivity contribution in [1.29, 1.82) is 0 Å². The van der Waals surface area contributed by atoms with Crippen molar-refractivity contribution in [3.8, 4) is 23.0 Å². The molecule has 8 heteroatoms. The van der Waals surface area contributed by atoms with E-state index < -0.39 is 0 Å². The molecule has 0 fully saturated rings. The predicted octanol–water partition coefficient (Wildman–Crippen LogP) is 3.17. The van der Waals surface area contributed by atoms with Crippen molar-refractivity contribution in [2.75, 3.05) is 54.7 Å². The molecule has 176 valence electrons. The van der Waals surface area contributed by atoms with Crippen molar-refractivity contribution in [1.82, 2.24) is 10.6 Å². The average Bonchev–Trinajstić information content (AvgIpc) is 2.81. The van der Waals surface area contributed by atoms with Gasteiger partial charge in [0.25, 0.3) is 0 Å². The third-order valence-corrected chi connectivity index (χ3v) is 4.64. The number of ether oxygens (including phenoxy) is 5. The van der Waals surface area contributed by atoms with E-state index in [4.69, 9.17) is 23.7 Å². The van der Waals surface area contributed by atoms with Crippen LogP contribution in [0, 0.1) is 6.92 Å². The van der Waals surface area contributed by atoms with E-state index in [9.17, 15) is 0 Å². The standard InChI is InChI=1S/C24H35N3O5/c1-18-7-8-19(23(13-18)32-12-11-28-3)17-27-24(25-2)26-9-6-10-31-22-15-20(29-4)14-21(16-22)30-5/h7-8,13-16H,6,9-12,17H2,1-5H3,(H2,25,26,27). The molecule has 0 bridgehead atoms. The van der Waals surface area contributed by atoms with E-state index in [2.05, 4.69) is 27.8 Å². The van der Waals surface area contributed by atoms with Crippen LogP contribution in [0.5, 0.6) is 23.0 Å². The molecule has 2 aromatic rings. The van der Waals surface area contributed by atoms with Crippen LogP contribution in [0.4, 0.5) is 0 Å². The molecular formula is C24H35N3O5. The van der Waals surface area contributed by atoms with Crippen LogP contribution in [0.3, 0.4) is 0 Å². The lowest BCUT2D eigenvalue weighted by Crippen LogP contribution is -2.37. The molecule has 0 aliphatic rings. The number of guanidine groups is 1. The highest BCUT2D eigenvalue weighted by atomic mass is 16.5. The van der Waals surface area contributed by atoms with Gasteiger partial charge in [0, 0.05) is 51.0 Å². The van der Waals surface area contributed by atoms with Crippen LogP contribution in [0.1, 0.15) is 17.5 Å². The van der Waals surface area contributed by atoms with Crippen molar-refractivity contribution in [3.63, 3.8) is 0 Å². The predicted molar refractivity (Wildman–Crippen MR) is 126 cm³/mol. The van der Waals surface area contributed by atoms with Gasteiger partial charge in [0.15, 0.2) is 5.96 Å². The number of hydrogen-bond donors (Lipinski definition) is 2. The minimum Gasteiger partial charge on any atom is -0.496 e. The summed E-state index contributed by atoms with van der Waals surface area (Å²) in [6.45, 7) is 4.97. The molecule has 0 saturated heterocycles. The molecule has 8 nitrogen and oxygen atoms in total. The molecule has 0 atom stereocenters. The van der Waals surface area contributed by atoms with Crippen molar-refractivity contribution in [2.45, 2.75) is 19.9 Å². The third kappa shape index (κ3) is 8.55. The number of hydrogen-bond acceptors (Lipinski definition) is 6. The largest absolute Gasteiger partial charge is 0.496 e. The highest BCUT2D eigenvalue weighted by Gasteiger charge is 2.07. The van der Waals surface area contributed by atoms with Gasteiger partial charge in [-0.1, -0.05) is 12.1 Å². The van der Waals surface area contributed by atoms with E-state index in [0.717, 1.165) is 29.3 Å². The lowest BCUT2D eigenvalue weighted by Gasteiger charge is -2.15. The van der Waals surface area contributed by atoms with Gasteiger partial charge in [-0.25, -0.2) is 0 Å². The zero-order valence-electron chi connectivity index (χ0n) is 19.7. The van der Waals surface area contributed by atoms with Gasteiger partial charge < -0.3 is 34.3 Å². The molecule has 2 rings (SSSR count). The third-order valence-electron chi connectivity index (χ3n) is 4.64. The second-order valence-corrected chi connectivity index (χ2v) is 7.06. The molecule has 2 N–H and O–H groups in total. The summed E-state index contributed by atoms with van der Waals surface area (Å²) in [5, 5.41) is 6.63. The highest BCUT2D eigenvalue weighted by molar-refractivity contribution is 5.79. The van der Waals surface area contributed by atoms with Crippen molar-refractivity contribution >= 4 is 5.96 Å². The Morgan fingerprint density at radius 2 is 1.56 bits per heavy atom. The number of methoxy groups -OCH3 is 3. The Labute approximate surface area is 190 Å². The molecule has 0 unspecified atom stereocenters. The summed E-state index contributed by atoms with van der Waals surface area (Å²) in [6, 6.07) is 11.7. The Morgan fingerprint density at radius 3 is 2.22 bits per heavy atom. The second kappa shape index (κ2) is 14.0. The number of aliphatic imine (C=N–C) groups is 1. The molecule has 0 heterocycles. The Bertz CT molecular complexity index is 835. The fraction of sp³-hybridized carbons (Fsp3) is 0.458. The summed E-state index contributed by atoms with van der Waals surface area (Å²) < 4.78 is 27.3. The summed E-state index contributed by atoms with van der Waals surface area (Å²) in [5.41, 5.74) is 2.21. The van der Waals surface area contributed by atoms with Crippen molar-refractivity contribution in [3.05, 3.63) is 47.5 Å². The van der Waals surface area contributed by atoms with Crippen LogP contribution < -0.4 is 29.6 Å². The molecule has 0 amide bonds. The number of nitrogens with zero attached hydrogens (tertiary/aromatic N) is 1. The van der Waals surface area contributed by atoms with Crippen LogP contribution in [-0.2, 0) is 11.3 Å². The van der Waals surface area contributed by atoms with Gasteiger partial charge in [-0.3, -0.25) is 4.99 Å². The van der Waals surface area contributed by atoms with E-state index in [1.165, 1.54) is 0 Å². The van der Waals surface area contributed by atoms with Gasteiger partial charge in [-0.2, -0.15) is 0 Å². The number of aryl methyl sites for hydroxylation is 1. The van der Waals surface area contributed by atoms with E-state index in [1.807, 2.05) is 31.2 Å². The number of nitrogens with one attached hydrogen (secondary N) is 2. The maximum Gasteiger partial charge on any atom is 0.191 e. The van der Waals surface area contributed by atoms with E-state index in [-0.39, 0.29) is 0 Å². The van der Waals surface area contributed by atoms with Crippen LogP contribution in [0.15, 0.2) is 41.4 Å². The van der Waals surface area contributed by atoms with E-state index in [1.54, 1.807) is 28.4 Å². The SMILES string of the molecule is CN=C(NCCCOc1cc(OC)cc(OC)c1)NCc1ccc(C)cc1OCCOC. The molecule has 0 spiro atoms. The minimum absolute atomic E-state index is 0.513. The fourth-order valence-electron chi connectivity index (χ4n) is 2.91. The van der Waals surface area contributed by atoms with Gasteiger partial charge in [0.2, 0.25) is 0 Å². The summed E-state index contributed by atoms with van der Waals surface area (Å²) >= 11 is 0. The van der Waals surface area contributed by atoms with E-state index in [0.29, 0.717) is 50.2 Å². The Kier molecular flexibility index (Phi) is 11.0. The van der Waals surface area contributed by atoms with Crippen molar-refractivity contribution in [2.24, 2.45) is 4.99 Å². The normalized spacial score (nSPS) is 11.1.